The second-order valence-electron chi connectivity index (χ2n) is 16.8. The van der Waals surface area contributed by atoms with Crippen LogP contribution in [0.4, 0.5) is 0 Å². The molecule has 0 spiro atoms. The van der Waals surface area contributed by atoms with Crippen LogP contribution in [-0.4, -0.2) is 89.6 Å². The molecule has 4 N–H and O–H groups in total. The second kappa shape index (κ2) is 48.1. The number of hydrogen-bond acceptors (Lipinski definition) is 9. The molecule has 0 aromatic carbocycles. The molecule has 0 saturated carbocycles. The molecular formula is C59H92O9. The number of hydrogen-bond donors (Lipinski definition) is 4. The zero-order chi connectivity index (χ0) is 49.2. The Balaban J connectivity index is 2.28. The number of rotatable bonds is 42. The first kappa shape index (κ1) is 62.1. The molecule has 0 radical (unpaired) electrons. The van der Waals surface area contributed by atoms with E-state index in [-0.39, 0.29) is 25.6 Å². The number of unbranched alkanes of at least 4 members (excludes halogenated alkanes) is 7. The molecule has 6 unspecified atom stereocenters. The first-order chi connectivity index (χ1) is 33.4. The van der Waals surface area contributed by atoms with Gasteiger partial charge in [0.2, 0.25) is 0 Å². The molecular weight excluding hydrogens is 853 g/mol. The van der Waals surface area contributed by atoms with Gasteiger partial charge in [-0.3, -0.25) is 4.79 Å². The van der Waals surface area contributed by atoms with Gasteiger partial charge >= 0.3 is 5.97 Å². The van der Waals surface area contributed by atoms with Crippen molar-refractivity contribution in [1.29, 1.82) is 0 Å². The summed E-state index contributed by atoms with van der Waals surface area (Å²) in [6.07, 6.45) is 65.9. The summed E-state index contributed by atoms with van der Waals surface area (Å²) in [5, 5.41) is 40.3. The highest BCUT2D eigenvalue weighted by atomic mass is 16.7. The lowest BCUT2D eigenvalue weighted by Crippen LogP contribution is -2.59. The zero-order valence-electron chi connectivity index (χ0n) is 42.0. The standard InChI is InChI=1S/C59H92O9/c1-3-5-7-9-11-13-15-17-19-21-23-24-25-26-27-28-29-31-33-35-37-39-41-43-45-47-49-65-51-53(52-66-59-58(64)57(63)56(62)54(50-60)68-59)67-55(61)48-46-44-42-40-38-36-34-32-30-22-20-18-16-14-12-10-8-6-4-2/h5-8,11-14,17-20,23-24,26-27,29-32,35-38,53-54,56-60,62-64H,3-4,9-10,15-16,21-22,25,28,33-34,39-52H2,1-2H3/b7-5-,8-6-,13-11-,14-12-,19-17-,20-18-,24-23-,27-26-,31-29-,32-30-,37-35-,38-36-. The van der Waals surface area contributed by atoms with Crippen LogP contribution in [0.2, 0.25) is 0 Å². The van der Waals surface area contributed by atoms with E-state index in [4.69, 9.17) is 18.9 Å². The molecule has 1 rings (SSSR count). The Hall–Kier alpha value is -3.93. The molecule has 0 aliphatic carbocycles. The number of carbonyl (C=O) groups is 1. The van der Waals surface area contributed by atoms with Gasteiger partial charge in [0.25, 0.3) is 0 Å². The third kappa shape index (κ3) is 38.0. The molecule has 1 saturated heterocycles. The number of ether oxygens (including phenoxy) is 4. The van der Waals surface area contributed by atoms with Crippen molar-refractivity contribution in [2.24, 2.45) is 0 Å². The molecule has 382 valence electrons. The van der Waals surface area contributed by atoms with Crippen molar-refractivity contribution >= 4 is 5.97 Å². The van der Waals surface area contributed by atoms with E-state index in [1.54, 1.807) is 0 Å². The third-order valence-electron chi connectivity index (χ3n) is 10.8. The van der Waals surface area contributed by atoms with Crippen molar-refractivity contribution in [3.05, 3.63) is 146 Å². The van der Waals surface area contributed by atoms with Crippen LogP contribution in [0.3, 0.4) is 0 Å². The van der Waals surface area contributed by atoms with Gasteiger partial charge in [-0.15, -0.1) is 0 Å². The number of carbonyl (C=O) groups excluding carboxylic acids is 1. The first-order valence-electron chi connectivity index (χ1n) is 25.9. The van der Waals surface area contributed by atoms with E-state index < -0.39 is 43.4 Å². The number of allylic oxidation sites excluding steroid dienone is 24. The van der Waals surface area contributed by atoms with Crippen LogP contribution < -0.4 is 0 Å². The van der Waals surface area contributed by atoms with Crippen LogP contribution in [0.1, 0.15) is 155 Å². The van der Waals surface area contributed by atoms with Gasteiger partial charge in [0.15, 0.2) is 6.29 Å². The summed E-state index contributed by atoms with van der Waals surface area (Å²) in [4.78, 5) is 12.8. The van der Waals surface area contributed by atoms with E-state index in [1.807, 2.05) is 0 Å². The fourth-order valence-corrected chi connectivity index (χ4v) is 6.79. The third-order valence-corrected chi connectivity index (χ3v) is 10.8. The van der Waals surface area contributed by atoms with Gasteiger partial charge in [-0.25, -0.2) is 0 Å². The highest BCUT2D eigenvalue weighted by molar-refractivity contribution is 5.69. The van der Waals surface area contributed by atoms with Crippen LogP contribution in [-0.2, 0) is 23.7 Å². The van der Waals surface area contributed by atoms with Crippen LogP contribution in [0, 0.1) is 0 Å². The van der Waals surface area contributed by atoms with Crippen LogP contribution in [0.25, 0.3) is 0 Å². The number of aliphatic hydroxyl groups excluding tert-OH is 4. The molecule has 9 nitrogen and oxygen atoms in total. The molecule has 1 aliphatic rings. The van der Waals surface area contributed by atoms with E-state index in [0.29, 0.717) is 13.0 Å². The lowest BCUT2D eigenvalue weighted by atomic mass is 9.99. The smallest absolute Gasteiger partial charge is 0.306 e. The summed E-state index contributed by atoms with van der Waals surface area (Å²) in [6.45, 7) is 4.19. The summed E-state index contributed by atoms with van der Waals surface area (Å²) in [6, 6.07) is 0. The number of aliphatic hydroxyl groups is 4. The molecule has 0 aromatic rings. The first-order valence-corrected chi connectivity index (χ1v) is 25.9. The predicted molar refractivity (Wildman–Crippen MR) is 283 cm³/mol. The fourth-order valence-electron chi connectivity index (χ4n) is 6.79. The number of esters is 1. The highest BCUT2D eigenvalue weighted by Gasteiger charge is 2.44. The molecule has 1 heterocycles. The second-order valence-corrected chi connectivity index (χ2v) is 16.8. The van der Waals surface area contributed by atoms with Crippen LogP contribution >= 0.6 is 0 Å². The van der Waals surface area contributed by atoms with Gasteiger partial charge in [-0.1, -0.05) is 179 Å². The topological polar surface area (TPSA) is 135 Å². The quantitative estimate of drug-likeness (QED) is 0.0268. The van der Waals surface area contributed by atoms with Gasteiger partial charge < -0.3 is 39.4 Å². The van der Waals surface area contributed by atoms with E-state index in [0.717, 1.165) is 128 Å². The Kier molecular flexibility index (Phi) is 43.9. The average Bonchev–Trinajstić information content (AvgIpc) is 3.34. The van der Waals surface area contributed by atoms with Crippen molar-refractivity contribution in [3.8, 4) is 0 Å². The molecule has 68 heavy (non-hydrogen) atoms. The summed E-state index contributed by atoms with van der Waals surface area (Å²) < 4.78 is 22.8. The predicted octanol–water partition coefficient (Wildman–Crippen LogP) is 13.0. The minimum Gasteiger partial charge on any atom is -0.457 e. The van der Waals surface area contributed by atoms with E-state index >= 15 is 0 Å². The molecule has 0 bridgehead atoms. The van der Waals surface area contributed by atoms with Crippen molar-refractivity contribution in [3.63, 3.8) is 0 Å². The van der Waals surface area contributed by atoms with Crippen molar-refractivity contribution in [2.45, 2.75) is 192 Å². The normalized spacial score (nSPS) is 20.4. The monoisotopic (exact) mass is 945 g/mol. The average molecular weight is 945 g/mol. The van der Waals surface area contributed by atoms with Gasteiger partial charge in [0.05, 0.1) is 19.8 Å². The minimum absolute atomic E-state index is 0.102. The Morgan fingerprint density at radius 3 is 1.26 bits per heavy atom. The Morgan fingerprint density at radius 2 is 0.853 bits per heavy atom. The Morgan fingerprint density at radius 1 is 0.471 bits per heavy atom. The summed E-state index contributed by atoms with van der Waals surface area (Å²) in [5.74, 6) is -0.361. The van der Waals surface area contributed by atoms with Gasteiger partial charge in [0.1, 0.15) is 30.5 Å². The lowest BCUT2D eigenvalue weighted by Gasteiger charge is -2.39. The maximum Gasteiger partial charge on any atom is 0.306 e. The Bertz CT molecular complexity index is 1540. The molecule has 1 fully saturated rings. The maximum atomic E-state index is 12.8. The Labute approximate surface area is 412 Å². The van der Waals surface area contributed by atoms with Gasteiger partial charge in [-0.05, 0) is 116 Å². The minimum atomic E-state index is -1.56. The van der Waals surface area contributed by atoms with Crippen LogP contribution in [0.15, 0.2) is 146 Å². The van der Waals surface area contributed by atoms with E-state index in [9.17, 15) is 25.2 Å². The van der Waals surface area contributed by atoms with Gasteiger partial charge in [-0.2, -0.15) is 0 Å². The van der Waals surface area contributed by atoms with Gasteiger partial charge in [0, 0.05) is 13.0 Å². The van der Waals surface area contributed by atoms with Crippen molar-refractivity contribution in [1.82, 2.24) is 0 Å². The lowest BCUT2D eigenvalue weighted by molar-refractivity contribution is -0.305. The summed E-state index contributed by atoms with van der Waals surface area (Å²) in [7, 11) is 0. The van der Waals surface area contributed by atoms with Crippen LogP contribution in [0.5, 0.6) is 0 Å². The fraction of sp³-hybridized carbons (Fsp3) is 0.576. The maximum absolute atomic E-state index is 12.8. The van der Waals surface area contributed by atoms with Crippen molar-refractivity contribution < 1.29 is 44.2 Å². The van der Waals surface area contributed by atoms with E-state index in [1.165, 1.54) is 0 Å². The van der Waals surface area contributed by atoms with E-state index in [2.05, 4.69) is 160 Å². The summed E-state index contributed by atoms with van der Waals surface area (Å²) >= 11 is 0. The van der Waals surface area contributed by atoms with Crippen molar-refractivity contribution in [2.75, 3.05) is 26.4 Å². The SMILES string of the molecule is CC/C=C\C/C=C\C/C=C\C/C=C\C/C=C\C/C=C\C/C=C\CCCCCCOCC(COC1OC(CO)C(O)C(O)C1O)OC(=O)CCCCC/C=C\C/C=C\C/C=C\C/C=C\C/C=C\CC. The molecule has 6 atom stereocenters. The molecule has 0 aromatic heterocycles. The molecule has 0 amide bonds. The summed E-state index contributed by atoms with van der Waals surface area (Å²) in [5.41, 5.74) is 0. The highest BCUT2D eigenvalue weighted by Crippen LogP contribution is 2.22. The zero-order valence-corrected chi connectivity index (χ0v) is 42.0. The molecule has 1 aliphatic heterocycles. The molecule has 9 heteroatoms. The largest absolute Gasteiger partial charge is 0.457 e.